The van der Waals surface area contributed by atoms with Gasteiger partial charge < -0.3 is 5.32 Å². The Morgan fingerprint density at radius 1 is 0.962 bits per heavy atom. The fourth-order valence-electron chi connectivity index (χ4n) is 2.85. The van der Waals surface area contributed by atoms with Crippen LogP contribution in [0.15, 0.2) is 67.0 Å². The van der Waals surface area contributed by atoms with Crippen molar-refractivity contribution in [2.45, 2.75) is 32.6 Å². The van der Waals surface area contributed by atoms with Gasteiger partial charge in [0.1, 0.15) is 0 Å². The van der Waals surface area contributed by atoms with E-state index >= 15 is 0 Å². The molecule has 0 radical (unpaired) electrons. The van der Waals surface area contributed by atoms with Crippen molar-refractivity contribution >= 4 is 5.91 Å². The van der Waals surface area contributed by atoms with E-state index in [1.807, 2.05) is 47.4 Å². The third-order valence-corrected chi connectivity index (χ3v) is 4.46. The number of hydrogen-bond acceptors (Lipinski definition) is 2. The summed E-state index contributed by atoms with van der Waals surface area (Å²) in [6.45, 7) is 2.78. The van der Waals surface area contributed by atoms with Gasteiger partial charge >= 0.3 is 0 Å². The van der Waals surface area contributed by atoms with Gasteiger partial charge in [0.05, 0.1) is 11.9 Å². The highest BCUT2D eigenvalue weighted by Crippen LogP contribution is 2.09. The van der Waals surface area contributed by atoms with Crippen LogP contribution in [0.25, 0.3) is 5.69 Å². The molecule has 0 aliphatic heterocycles. The van der Waals surface area contributed by atoms with Gasteiger partial charge in [-0.3, -0.25) is 4.79 Å². The van der Waals surface area contributed by atoms with Crippen molar-refractivity contribution in [3.8, 4) is 5.69 Å². The third-order valence-electron chi connectivity index (χ3n) is 4.46. The molecule has 0 aliphatic carbocycles. The maximum absolute atomic E-state index is 12.0. The minimum atomic E-state index is 0.0972. The highest BCUT2D eigenvalue weighted by atomic mass is 16.1. The molecule has 0 atom stereocenters. The van der Waals surface area contributed by atoms with Gasteiger partial charge in [0.25, 0.3) is 0 Å². The maximum Gasteiger partial charge on any atom is 0.220 e. The van der Waals surface area contributed by atoms with E-state index in [0.717, 1.165) is 30.5 Å². The lowest BCUT2D eigenvalue weighted by Crippen LogP contribution is -2.25. The molecule has 134 valence electrons. The van der Waals surface area contributed by atoms with Gasteiger partial charge in [-0.25, -0.2) is 4.68 Å². The highest BCUT2D eigenvalue weighted by Gasteiger charge is 2.04. The summed E-state index contributed by atoms with van der Waals surface area (Å²) in [5.74, 6) is 0.0972. The number of carbonyl (C=O) groups excluding carboxylic acids is 1. The molecule has 0 aliphatic rings. The second-order valence-corrected chi connectivity index (χ2v) is 6.40. The fraction of sp³-hybridized carbons (Fsp3) is 0.273. The van der Waals surface area contributed by atoms with Gasteiger partial charge in [-0.05, 0) is 48.1 Å². The fourth-order valence-corrected chi connectivity index (χ4v) is 2.85. The van der Waals surface area contributed by atoms with E-state index in [-0.39, 0.29) is 5.91 Å². The smallest absolute Gasteiger partial charge is 0.220 e. The first-order valence-corrected chi connectivity index (χ1v) is 9.18. The summed E-state index contributed by atoms with van der Waals surface area (Å²) >= 11 is 0. The number of nitrogens with one attached hydrogen (secondary N) is 1. The lowest BCUT2D eigenvalue weighted by molar-refractivity contribution is -0.121. The molecule has 0 saturated heterocycles. The van der Waals surface area contributed by atoms with E-state index in [0.29, 0.717) is 13.0 Å². The first-order valence-electron chi connectivity index (χ1n) is 9.18. The van der Waals surface area contributed by atoms with Crippen LogP contribution in [0, 0.1) is 0 Å². The molecule has 4 nitrogen and oxygen atoms in total. The number of amides is 1. The summed E-state index contributed by atoms with van der Waals surface area (Å²) in [7, 11) is 0. The number of hydrogen-bond donors (Lipinski definition) is 1. The first-order chi connectivity index (χ1) is 12.7. The third kappa shape index (κ3) is 5.06. The lowest BCUT2D eigenvalue weighted by atomic mass is 10.1. The number of para-hydroxylation sites is 1. The van der Waals surface area contributed by atoms with E-state index in [1.165, 1.54) is 11.1 Å². The van der Waals surface area contributed by atoms with Gasteiger partial charge in [-0.1, -0.05) is 49.4 Å². The molecule has 3 rings (SSSR count). The average molecular weight is 347 g/mol. The van der Waals surface area contributed by atoms with Crippen LogP contribution < -0.4 is 5.32 Å². The summed E-state index contributed by atoms with van der Waals surface area (Å²) in [6, 6.07) is 18.5. The zero-order valence-corrected chi connectivity index (χ0v) is 15.2. The normalized spacial score (nSPS) is 10.7. The summed E-state index contributed by atoms with van der Waals surface area (Å²) in [5, 5.41) is 7.38. The zero-order valence-electron chi connectivity index (χ0n) is 15.2. The predicted molar refractivity (Wildman–Crippen MR) is 104 cm³/mol. The van der Waals surface area contributed by atoms with Crippen molar-refractivity contribution in [3.05, 3.63) is 83.7 Å². The molecule has 1 heterocycles. The van der Waals surface area contributed by atoms with Gasteiger partial charge in [0, 0.05) is 19.2 Å². The maximum atomic E-state index is 12.0. The molecular formula is C22H25N3O. The van der Waals surface area contributed by atoms with E-state index in [2.05, 4.69) is 41.6 Å². The van der Waals surface area contributed by atoms with Crippen LogP contribution in [0.4, 0.5) is 0 Å². The molecule has 0 fully saturated rings. The number of benzene rings is 2. The van der Waals surface area contributed by atoms with E-state index in [9.17, 15) is 4.79 Å². The van der Waals surface area contributed by atoms with Crippen molar-refractivity contribution in [2.24, 2.45) is 0 Å². The molecule has 4 heteroatoms. The average Bonchev–Trinajstić information content (AvgIpc) is 3.16. The molecule has 0 bridgehead atoms. The largest absolute Gasteiger partial charge is 0.356 e. The molecule has 26 heavy (non-hydrogen) atoms. The van der Waals surface area contributed by atoms with E-state index < -0.39 is 0 Å². The van der Waals surface area contributed by atoms with Crippen molar-refractivity contribution in [1.82, 2.24) is 15.1 Å². The minimum Gasteiger partial charge on any atom is -0.356 e. The summed E-state index contributed by atoms with van der Waals surface area (Å²) in [6.07, 6.45) is 6.99. The van der Waals surface area contributed by atoms with Crippen LogP contribution >= 0.6 is 0 Å². The molecule has 1 aromatic heterocycles. The van der Waals surface area contributed by atoms with Crippen LogP contribution in [0.3, 0.4) is 0 Å². The topological polar surface area (TPSA) is 46.9 Å². The monoisotopic (exact) mass is 347 g/mol. The highest BCUT2D eigenvalue weighted by molar-refractivity contribution is 5.76. The number of aromatic nitrogens is 2. The second-order valence-electron chi connectivity index (χ2n) is 6.40. The van der Waals surface area contributed by atoms with Crippen molar-refractivity contribution in [2.75, 3.05) is 6.54 Å². The van der Waals surface area contributed by atoms with Crippen molar-refractivity contribution in [3.63, 3.8) is 0 Å². The van der Waals surface area contributed by atoms with Crippen LogP contribution in [-0.2, 0) is 24.1 Å². The number of carbonyl (C=O) groups is 1. The van der Waals surface area contributed by atoms with Crippen molar-refractivity contribution in [1.29, 1.82) is 0 Å². The first kappa shape index (κ1) is 17.9. The second kappa shape index (κ2) is 8.99. The Hall–Kier alpha value is -2.88. The van der Waals surface area contributed by atoms with Crippen LogP contribution in [0.1, 0.15) is 30.0 Å². The minimum absolute atomic E-state index is 0.0972. The Bertz CT molecular complexity index is 822. The quantitative estimate of drug-likeness (QED) is 0.675. The van der Waals surface area contributed by atoms with Crippen LogP contribution in [-0.4, -0.2) is 22.2 Å². The molecular weight excluding hydrogens is 322 g/mol. The zero-order chi connectivity index (χ0) is 18.2. The molecule has 0 unspecified atom stereocenters. The SMILES string of the molecule is CCc1ccc(CCC(=O)NCCc2cnn(-c3ccccc3)c2)cc1. The molecule has 0 saturated carbocycles. The molecule has 2 aromatic carbocycles. The summed E-state index contributed by atoms with van der Waals surface area (Å²) in [5.41, 5.74) is 4.69. The van der Waals surface area contributed by atoms with Crippen molar-refractivity contribution < 1.29 is 4.79 Å². The lowest BCUT2D eigenvalue weighted by Gasteiger charge is -2.05. The van der Waals surface area contributed by atoms with Gasteiger partial charge in [-0.15, -0.1) is 0 Å². The van der Waals surface area contributed by atoms with Gasteiger partial charge in [0.2, 0.25) is 5.91 Å². The Morgan fingerprint density at radius 3 is 2.42 bits per heavy atom. The van der Waals surface area contributed by atoms with Crippen LogP contribution in [0.5, 0.6) is 0 Å². The predicted octanol–water partition coefficient (Wildman–Crippen LogP) is 3.73. The Kier molecular flexibility index (Phi) is 6.20. The van der Waals surface area contributed by atoms with E-state index in [1.54, 1.807) is 0 Å². The molecule has 1 N–H and O–H groups in total. The Balaban J connectivity index is 1.40. The Morgan fingerprint density at radius 2 is 1.69 bits per heavy atom. The molecule has 3 aromatic rings. The number of aryl methyl sites for hydroxylation is 2. The Labute approximate surface area is 154 Å². The number of nitrogens with zero attached hydrogens (tertiary/aromatic N) is 2. The summed E-state index contributed by atoms with van der Waals surface area (Å²) in [4.78, 5) is 12.0. The molecule has 0 spiro atoms. The standard InChI is InChI=1S/C22H25N3O/c1-2-18-8-10-19(11-9-18)12-13-22(26)23-15-14-20-16-24-25(17-20)21-6-4-3-5-7-21/h3-11,16-17H,2,12-15H2,1H3,(H,23,26). The number of rotatable bonds is 8. The van der Waals surface area contributed by atoms with Gasteiger partial charge in [0.15, 0.2) is 0 Å². The van der Waals surface area contributed by atoms with E-state index in [4.69, 9.17) is 0 Å². The summed E-state index contributed by atoms with van der Waals surface area (Å²) < 4.78 is 1.86. The van der Waals surface area contributed by atoms with Crippen LogP contribution in [0.2, 0.25) is 0 Å². The van der Waals surface area contributed by atoms with Gasteiger partial charge in [-0.2, -0.15) is 5.10 Å². The molecule has 1 amide bonds.